The molecule has 1 aliphatic heterocycles. The van der Waals surface area contributed by atoms with E-state index in [1.165, 1.54) is 0 Å². The summed E-state index contributed by atoms with van der Waals surface area (Å²) < 4.78 is 10.8. The van der Waals surface area contributed by atoms with Crippen molar-refractivity contribution in [2.75, 3.05) is 0 Å². The van der Waals surface area contributed by atoms with Crippen molar-refractivity contribution in [3.05, 3.63) is 35.5 Å². The van der Waals surface area contributed by atoms with E-state index < -0.39 is 36.2 Å². The molecule has 0 saturated carbocycles. The molecular weight excluding hydrogens is 324 g/mol. The zero-order chi connectivity index (χ0) is 18.6. The van der Waals surface area contributed by atoms with Crippen LogP contribution in [0.3, 0.4) is 0 Å². The van der Waals surface area contributed by atoms with Gasteiger partial charge in [0.1, 0.15) is 24.6 Å². The number of aliphatic hydroxyl groups excluding tert-OH is 1. The fraction of sp³-hybridized carbons (Fsp3) is 0.526. The van der Waals surface area contributed by atoms with Crippen LogP contribution in [0.5, 0.6) is 0 Å². The number of esters is 2. The third kappa shape index (κ3) is 4.25. The van der Waals surface area contributed by atoms with Crippen LogP contribution in [0.4, 0.5) is 0 Å². The molecule has 25 heavy (non-hydrogen) atoms. The molecule has 136 valence electrons. The lowest BCUT2D eigenvalue weighted by Gasteiger charge is -2.30. The van der Waals surface area contributed by atoms with Crippen molar-refractivity contribution in [2.24, 2.45) is 5.92 Å². The lowest BCUT2D eigenvalue weighted by Crippen LogP contribution is -2.43. The maximum atomic E-state index is 12.0. The van der Waals surface area contributed by atoms with Crippen LogP contribution >= 0.6 is 0 Å². The molecule has 1 heterocycles. The molecule has 0 unspecified atom stereocenters. The molecule has 4 atom stereocenters. The normalized spacial score (nSPS) is 34.0. The average molecular weight is 348 g/mol. The number of carbonyl (C=O) groups is 3. The van der Waals surface area contributed by atoms with Gasteiger partial charge >= 0.3 is 11.9 Å². The first-order chi connectivity index (χ1) is 11.9. The predicted molar refractivity (Wildman–Crippen MR) is 90.4 cm³/mol. The third-order valence-electron chi connectivity index (χ3n) is 4.49. The highest BCUT2D eigenvalue weighted by molar-refractivity contribution is 5.91. The minimum Gasteiger partial charge on any atom is -0.458 e. The van der Waals surface area contributed by atoms with Gasteiger partial charge in [-0.05, 0) is 32.3 Å². The quantitative estimate of drug-likeness (QED) is 0.362. The standard InChI is InChI=1S/C19H24O6/c1-4-6-15(21)25-18-16-12(3)19(23)24-14(16)9-11(2)7-5-8-13(10-20)17(18)22/h8-10,14,16-18,22H,3-7H2,1-2H3/b11-9-,13-8-/t14-,16-,17+,18+/m1/s1. The molecule has 1 fully saturated rings. The van der Waals surface area contributed by atoms with Gasteiger partial charge in [0.05, 0.1) is 5.92 Å². The van der Waals surface area contributed by atoms with Crippen molar-refractivity contribution in [1.29, 1.82) is 0 Å². The minimum absolute atomic E-state index is 0.133. The van der Waals surface area contributed by atoms with Crippen LogP contribution in [0.2, 0.25) is 0 Å². The summed E-state index contributed by atoms with van der Waals surface area (Å²) >= 11 is 0. The molecule has 0 aromatic rings. The van der Waals surface area contributed by atoms with Gasteiger partial charge in [0.25, 0.3) is 0 Å². The molecule has 1 N–H and O–H groups in total. The molecule has 0 aromatic heterocycles. The first-order valence-electron chi connectivity index (χ1n) is 8.48. The largest absolute Gasteiger partial charge is 0.458 e. The van der Waals surface area contributed by atoms with E-state index in [1.807, 2.05) is 13.8 Å². The minimum atomic E-state index is -1.34. The second-order valence-electron chi connectivity index (χ2n) is 6.44. The summed E-state index contributed by atoms with van der Waals surface area (Å²) in [5.74, 6) is -1.82. The van der Waals surface area contributed by atoms with E-state index in [1.54, 1.807) is 12.2 Å². The lowest BCUT2D eigenvalue weighted by molar-refractivity contribution is -0.158. The zero-order valence-corrected chi connectivity index (χ0v) is 14.6. The number of rotatable bonds is 4. The van der Waals surface area contributed by atoms with E-state index in [2.05, 4.69) is 6.58 Å². The summed E-state index contributed by atoms with van der Waals surface area (Å²) in [6.45, 7) is 7.48. The average Bonchev–Trinajstić information content (AvgIpc) is 2.83. The van der Waals surface area contributed by atoms with Gasteiger partial charge in [-0.1, -0.05) is 25.2 Å². The lowest BCUT2D eigenvalue weighted by atomic mass is 9.84. The van der Waals surface area contributed by atoms with E-state index in [0.29, 0.717) is 25.5 Å². The molecule has 0 amide bonds. The first kappa shape index (κ1) is 19.1. The molecule has 6 nitrogen and oxygen atoms in total. The van der Waals surface area contributed by atoms with E-state index in [9.17, 15) is 19.5 Å². The van der Waals surface area contributed by atoms with Gasteiger partial charge in [-0.3, -0.25) is 9.59 Å². The van der Waals surface area contributed by atoms with Gasteiger partial charge < -0.3 is 14.6 Å². The van der Waals surface area contributed by atoms with Crippen molar-refractivity contribution >= 4 is 18.2 Å². The number of hydrogen-bond donors (Lipinski definition) is 1. The summed E-state index contributed by atoms with van der Waals surface area (Å²) in [7, 11) is 0. The third-order valence-corrected chi connectivity index (χ3v) is 4.49. The number of carbonyl (C=O) groups excluding carboxylic acids is 3. The molecule has 6 heteroatoms. The maximum Gasteiger partial charge on any atom is 0.334 e. The summed E-state index contributed by atoms with van der Waals surface area (Å²) in [5.41, 5.74) is 1.25. The van der Waals surface area contributed by atoms with Crippen LogP contribution in [0.25, 0.3) is 0 Å². The number of aliphatic hydroxyl groups is 1. The summed E-state index contributed by atoms with van der Waals surface area (Å²) in [6, 6.07) is 0. The van der Waals surface area contributed by atoms with Gasteiger partial charge in [-0.25, -0.2) is 4.79 Å². The Hall–Kier alpha value is -2.21. The molecule has 1 aliphatic carbocycles. The molecule has 0 radical (unpaired) electrons. The molecule has 2 rings (SSSR count). The fourth-order valence-corrected chi connectivity index (χ4v) is 3.14. The SMILES string of the molecule is C=C1C(=O)O[C@@H]2/C=C(/C)CC/C=C(/C=O)[C@H](O)[C@@H](OC(=O)CCC)[C@H]12. The van der Waals surface area contributed by atoms with Gasteiger partial charge in [0.2, 0.25) is 0 Å². The number of hydrogen-bond acceptors (Lipinski definition) is 6. The van der Waals surface area contributed by atoms with E-state index in [0.717, 1.165) is 5.57 Å². The van der Waals surface area contributed by atoms with E-state index >= 15 is 0 Å². The Labute approximate surface area is 147 Å². The molecule has 0 aromatic carbocycles. The van der Waals surface area contributed by atoms with Crippen molar-refractivity contribution in [1.82, 2.24) is 0 Å². The molecular formula is C19H24O6. The Kier molecular flexibility index (Phi) is 6.31. The second-order valence-corrected chi connectivity index (χ2v) is 6.44. The van der Waals surface area contributed by atoms with Crippen LogP contribution in [0.1, 0.15) is 39.5 Å². The number of aldehydes is 1. The van der Waals surface area contributed by atoms with E-state index in [-0.39, 0.29) is 17.6 Å². The van der Waals surface area contributed by atoms with Crippen molar-refractivity contribution in [3.63, 3.8) is 0 Å². The van der Waals surface area contributed by atoms with Crippen LogP contribution in [0, 0.1) is 5.92 Å². The van der Waals surface area contributed by atoms with Crippen molar-refractivity contribution in [2.45, 2.75) is 57.8 Å². The van der Waals surface area contributed by atoms with Gasteiger partial charge in [0, 0.05) is 17.6 Å². The Morgan fingerprint density at radius 2 is 2.24 bits per heavy atom. The van der Waals surface area contributed by atoms with Crippen LogP contribution in [-0.4, -0.2) is 41.6 Å². The van der Waals surface area contributed by atoms with Crippen molar-refractivity contribution < 1.29 is 29.0 Å². The fourth-order valence-electron chi connectivity index (χ4n) is 3.14. The van der Waals surface area contributed by atoms with Crippen LogP contribution < -0.4 is 0 Å². The summed E-state index contributed by atoms with van der Waals surface area (Å²) in [6.07, 6.45) is 2.84. The Morgan fingerprint density at radius 3 is 2.88 bits per heavy atom. The monoisotopic (exact) mass is 348 g/mol. The van der Waals surface area contributed by atoms with Crippen LogP contribution in [-0.2, 0) is 23.9 Å². The van der Waals surface area contributed by atoms with Crippen LogP contribution in [0.15, 0.2) is 35.5 Å². The van der Waals surface area contributed by atoms with Gasteiger partial charge in [-0.2, -0.15) is 0 Å². The Bertz CT molecular complexity index is 630. The number of fused-ring (bicyclic) bond motifs is 1. The molecule has 0 spiro atoms. The molecule has 0 bridgehead atoms. The second kappa shape index (κ2) is 8.25. The van der Waals surface area contributed by atoms with Crippen molar-refractivity contribution in [3.8, 4) is 0 Å². The Morgan fingerprint density at radius 1 is 1.52 bits per heavy atom. The summed E-state index contributed by atoms with van der Waals surface area (Å²) in [4.78, 5) is 35.4. The molecule has 2 aliphatic rings. The highest BCUT2D eigenvalue weighted by Gasteiger charge is 2.47. The zero-order valence-electron chi connectivity index (χ0n) is 14.6. The summed E-state index contributed by atoms with van der Waals surface area (Å²) in [5, 5.41) is 10.7. The van der Waals surface area contributed by atoms with Gasteiger partial charge in [-0.15, -0.1) is 0 Å². The first-order valence-corrected chi connectivity index (χ1v) is 8.48. The smallest absolute Gasteiger partial charge is 0.334 e. The highest BCUT2D eigenvalue weighted by atomic mass is 16.6. The number of allylic oxidation sites excluding steroid dienone is 2. The topological polar surface area (TPSA) is 89.9 Å². The van der Waals surface area contributed by atoms with Gasteiger partial charge in [0.15, 0.2) is 0 Å². The maximum absolute atomic E-state index is 12.0. The molecule has 1 saturated heterocycles. The van der Waals surface area contributed by atoms with E-state index in [4.69, 9.17) is 9.47 Å². The predicted octanol–water partition coefficient (Wildman–Crippen LogP) is 2.02. The highest BCUT2D eigenvalue weighted by Crippen LogP contribution is 2.36. The number of ether oxygens (including phenoxy) is 2. The Balaban J connectivity index is 2.46.